The van der Waals surface area contributed by atoms with E-state index in [1.807, 2.05) is 24.3 Å². The smallest absolute Gasteiger partial charge is 0.255 e. The van der Waals surface area contributed by atoms with Crippen LogP contribution in [0.2, 0.25) is 0 Å². The molecule has 0 fully saturated rings. The molecule has 0 bridgehead atoms. The fourth-order valence-electron chi connectivity index (χ4n) is 3.30. The van der Waals surface area contributed by atoms with Crippen LogP contribution >= 0.6 is 0 Å². The number of aromatic nitrogens is 4. The lowest BCUT2D eigenvalue weighted by Gasteiger charge is -2.07. The molecule has 0 saturated carbocycles. The van der Waals surface area contributed by atoms with Gasteiger partial charge in [0.05, 0.1) is 0 Å². The second kappa shape index (κ2) is 11.1. The number of anilines is 1. The number of hydrogen-bond acceptors (Lipinski definition) is 4. The number of unbranched alkanes of at least 4 members (excludes halogenated alkanes) is 6. The normalized spacial score (nSPS) is 10.8. The van der Waals surface area contributed by atoms with Crippen LogP contribution in [-0.4, -0.2) is 26.5 Å². The Labute approximate surface area is 172 Å². The average molecular weight is 392 g/mol. The van der Waals surface area contributed by atoms with Crippen molar-refractivity contribution in [3.63, 3.8) is 0 Å². The Morgan fingerprint density at radius 3 is 2.24 bits per heavy atom. The molecule has 1 amide bonds. The lowest BCUT2D eigenvalue weighted by Crippen LogP contribution is -2.11. The number of carbonyl (C=O) groups excluding carboxylic acids is 1. The molecule has 0 aliphatic carbocycles. The van der Waals surface area contributed by atoms with Gasteiger partial charge in [0.25, 0.3) is 5.91 Å². The highest BCUT2D eigenvalue weighted by molar-refractivity contribution is 6.04. The third kappa shape index (κ3) is 6.52. The van der Waals surface area contributed by atoms with E-state index in [4.69, 9.17) is 0 Å². The van der Waals surface area contributed by atoms with Crippen LogP contribution in [0.5, 0.6) is 0 Å². The van der Waals surface area contributed by atoms with Gasteiger partial charge in [0.2, 0.25) is 5.82 Å². The Kier molecular flexibility index (Phi) is 7.92. The summed E-state index contributed by atoms with van der Waals surface area (Å²) in [6, 6.07) is 15.3. The topological polar surface area (TPSA) is 83.6 Å². The fourth-order valence-corrected chi connectivity index (χ4v) is 3.30. The molecule has 0 saturated heterocycles. The molecule has 152 valence electrons. The highest BCUT2D eigenvalue weighted by Gasteiger charge is 2.08. The molecule has 3 rings (SSSR count). The van der Waals surface area contributed by atoms with Gasteiger partial charge in [0.15, 0.2) is 0 Å². The van der Waals surface area contributed by atoms with Crippen molar-refractivity contribution in [2.45, 2.75) is 58.3 Å². The van der Waals surface area contributed by atoms with Gasteiger partial charge in [-0.15, -0.1) is 10.2 Å². The van der Waals surface area contributed by atoms with E-state index in [-0.39, 0.29) is 5.91 Å². The van der Waals surface area contributed by atoms with Gasteiger partial charge < -0.3 is 5.32 Å². The van der Waals surface area contributed by atoms with Crippen LogP contribution in [0.15, 0.2) is 48.5 Å². The molecule has 0 aliphatic rings. The fraction of sp³-hybridized carbons (Fsp3) is 0.391. The van der Waals surface area contributed by atoms with E-state index in [0.717, 1.165) is 17.7 Å². The van der Waals surface area contributed by atoms with Gasteiger partial charge in [-0.1, -0.05) is 69.7 Å². The van der Waals surface area contributed by atoms with Crippen molar-refractivity contribution in [1.82, 2.24) is 20.6 Å². The Balaban J connectivity index is 1.43. The van der Waals surface area contributed by atoms with E-state index in [1.54, 1.807) is 12.1 Å². The molecule has 29 heavy (non-hydrogen) atoms. The molecule has 2 N–H and O–H groups in total. The lowest BCUT2D eigenvalue weighted by atomic mass is 10.0. The molecular weight excluding hydrogens is 362 g/mol. The number of H-pyrrole nitrogens is 1. The van der Waals surface area contributed by atoms with Gasteiger partial charge in [-0.25, -0.2) is 0 Å². The van der Waals surface area contributed by atoms with E-state index in [1.165, 1.54) is 50.5 Å². The summed E-state index contributed by atoms with van der Waals surface area (Å²) in [6.07, 6.45) is 10.3. The number of hydrogen-bond donors (Lipinski definition) is 2. The van der Waals surface area contributed by atoms with Crippen molar-refractivity contribution in [2.24, 2.45) is 0 Å². The van der Waals surface area contributed by atoms with E-state index >= 15 is 0 Å². The summed E-state index contributed by atoms with van der Waals surface area (Å²) in [7, 11) is 0. The summed E-state index contributed by atoms with van der Waals surface area (Å²) < 4.78 is 0. The third-order valence-electron chi connectivity index (χ3n) is 5.03. The molecule has 3 aromatic rings. The molecule has 0 radical (unpaired) electrons. The number of nitrogens with zero attached hydrogens (tertiary/aromatic N) is 3. The van der Waals surface area contributed by atoms with Crippen LogP contribution in [-0.2, 0) is 6.42 Å². The minimum absolute atomic E-state index is 0.135. The molecule has 0 atom stereocenters. The molecule has 0 unspecified atom stereocenters. The Morgan fingerprint density at radius 2 is 1.59 bits per heavy atom. The van der Waals surface area contributed by atoms with Crippen LogP contribution in [0.4, 0.5) is 5.69 Å². The van der Waals surface area contributed by atoms with Crippen LogP contribution in [0.1, 0.15) is 67.8 Å². The minimum Gasteiger partial charge on any atom is -0.322 e. The molecule has 0 aliphatic heterocycles. The first kappa shape index (κ1) is 20.7. The molecule has 6 nitrogen and oxygen atoms in total. The Hall–Kier alpha value is -3.02. The first-order valence-corrected chi connectivity index (χ1v) is 10.5. The zero-order chi connectivity index (χ0) is 20.3. The van der Waals surface area contributed by atoms with Crippen LogP contribution in [0.25, 0.3) is 11.4 Å². The van der Waals surface area contributed by atoms with Gasteiger partial charge in [-0.2, -0.15) is 5.21 Å². The zero-order valence-corrected chi connectivity index (χ0v) is 17.0. The third-order valence-corrected chi connectivity index (χ3v) is 5.03. The summed E-state index contributed by atoms with van der Waals surface area (Å²) in [6.45, 7) is 2.25. The second-order valence-corrected chi connectivity index (χ2v) is 7.34. The number of aryl methyl sites for hydroxylation is 1. The molecule has 2 aromatic carbocycles. The van der Waals surface area contributed by atoms with Gasteiger partial charge in [-0.05, 0) is 47.9 Å². The summed E-state index contributed by atoms with van der Waals surface area (Å²) in [5.41, 5.74) is 3.52. The van der Waals surface area contributed by atoms with Crippen molar-refractivity contribution < 1.29 is 4.79 Å². The van der Waals surface area contributed by atoms with Crippen LogP contribution in [0.3, 0.4) is 0 Å². The van der Waals surface area contributed by atoms with Crippen molar-refractivity contribution in [1.29, 1.82) is 0 Å². The number of benzene rings is 2. The molecule has 6 heteroatoms. The second-order valence-electron chi connectivity index (χ2n) is 7.34. The van der Waals surface area contributed by atoms with Gasteiger partial charge in [0.1, 0.15) is 0 Å². The van der Waals surface area contributed by atoms with Crippen molar-refractivity contribution >= 4 is 11.6 Å². The molecule has 1 aromatic heterocycles. The first-order valence-electron chi connectivity index (χ1n) is 10.5. The first-order chi connectivity index (χ1) is 14.3. The van der Waals surface area contributed by atoms with E-state index < -0.39 is 0 Å². The van der Waals surface area contributed by atoms with Crippen LogP contribution < -0.4 is 5.32 Å². The maximum atomic E-state index is 12.5. The highest BCUT2D eigenvalue weighted by Crippen LogP contribution is 2.17. The number of nitrogens with one attached hydrogen (secondary N) is 2. The SMILES string of the molecule is CCCCCCCCCc1ccc(NC(=O)c2ccc(-c3nn[nH]n3)cc2)cc1. The van der Waals surface area contributed by atoms with Crippen molar-refractivity contribution in [3.8, 4) is 11.4 Å². The predicted molar refractivity (Wildman–Crippen MR) is 116 cm³/mol. The van der Waals surface area contributed by atoms with Gasteiger partial charge >= 0.3 is 0 Å². The van der Waals surface area contributed by atoms with Gasteiger partial charge in [0, 0.05) is 16.8 Å². The number of rotatable bonds is 11. The summed E-state index contributed by atoms with van der Waals surface area (Å²) >= 11 is 0. The maximum absolute atomic E-state index is 12.5. The average Bonchev–Trinajstić information content (AvgIpc) is 3.29. The largest absolute Gasteiger partial charge is 0.322 e. The van der Waals surface area contributed by atoms with Crippen molar-refractivity contribution in [3.05, 3.63) is 59.7 Å². The summed E-state index contributed by atoms with van der Waals surface area (Å²) in [5, 5.41) is 16.8. The summed E-state index contributed by atoms with van der Waals surface area (Å²) in [5.74, 6) is 0.373. The zero-order valence-electron chi connectivity index (χ0n) is 17.0. The van der Waals surface area contributed by atoms with Crippen LogP contribution in [0, 0.1) is 0 Å². The quantitative estimate of drug-likeness (QED) is 0.428. The van der Waals surface area contributed by atoms with E-state index in [2.05, 4.69) is 45.0 Å². The van der Waals surface area contributed by atoms with Crippen molar-refractivity contribution in [2.75, 3.05) is 5.32 Å². The monoisotopic (exact) mass is 391 g/mol. The number of aromatic amines is 1. The Morgan fingerprint density at radius 1 is 0.897 bits per heavy atom. The summed E-state index contributed by atoms with van der Waals surface area (Å²) in [4.78, 5) is 12.5. The predicted octanol–water partition coefficient (Wildman–Crippen LogP) is 5.41. The number of tetrazole rings is 1. The minimum atomic E-state index is -0.135. The molecule has 1 heterocycles. The lowest BCUT2D eigenvalue weighted by molar-refractivity contribution is 0.102. The van der Waals surface area contributed by atoms with E-state index in [0.29, 0.717) is 11.4 Å². The standard InChI is InChI=1S/C23H29N5O/c1-2-3-4-5-6-7-8-9-18-10-16-21(17-11-18)24-23(29)20-14-12-19(13-15-20)22-25-27-28-26-22/h10-17H,2-9H2,1H3,(H,24,29)(H,25,26,27,28). The maximum Gasteiger partial charge on any atom is 0.255 e. The molecular formula is C23H29N5O. The van der Waals surface area contributed by atoms with E-state index in [9.17, 15) is 4.79 Å². The Bertz CT molecular complexity index is 857. The molecule has 0 spiro atoms. The number of amides is 1. The van der Waals surface area contributed by atoms with Gasteiger partial charge in [-0.3, -0.25) is 4.79 Å². The number of carbonyl (C=O) groups is 1. The highest BCUT2D eigenvalue weighted by atomic mass is 16.1.